The molecule has 0 saturated carbocycles. The van der Waals surface area contributed by atoms with E-state index < -0.39 is 0 Å². The van der Waals surface area contributed by atoms with Gasteiger partial charge < -0.3 is 10.1 Å². The lowest BCUT2D eigenvalue weighted by molar-refractivity contribution is 0.0483. The van der Waals surface area contributed by atoms with Crippen LogP contribution in [0.3, 0.4) is 0 Å². The minimum Gasteiger partial charge on any atom is -0.378 e. The number of benzene rings is 1. The number of rotatable bonds is 3. The van der Waals surface area contributed by atoms with Gasteiger partial charge in [0.2, 0.25) is 0 Å². The zero-order valence-corrected chi connectivity index (χ0v) is 10.3. The van der Waals surface area contributed by atoms with Gasteiger partial charge in [-0.2, -0.15) is 0 Å². The summed E-state index contributed by atoms with van der Waals surface area (Å²) in [5.41, 5.74) is 1.23. The Balaban J connectivity index is 1.85. The number of nitrogens with one attached hydrogen (secondary N) is 1. The lowest BCUT2D eigenvalue weighted by atomic mass is 10.0. The second kappa shape index (κ2) is 5.67. The molecule has 1 aromatic carbocycles. The van der Waals surface area contributed by atoms with Crippen LogP contribution >= 0.6 is 11.6 Å². The van der Waals surface area contributed by atoms with E-state index in [1.165, 1.54) is 5.56 Å². The molecule has 1 fully saturated rings. The Labute approximate surface area is 102 Å². The summed E-state index contributed by atoms with van der Waals surface area (Å²) >= 11 is 6.12. The van der Waals surface area contributed by atoms with Crippen LogP contribution in [0.1, 0.15) is 18.9 Å². The number of aryl methyl sites for hydroxylation is 1. The first-order valence-corrected chi connectivity index (χ1v) is 6.20. The fraction of sp³-hybridized carbons (Fsp3) is 0.538. The van der Waals surface area contributed by atoms with Crippen molar-refractivity contribution in [2.45, 2.75) is 31.8 Å². The second-order valence-electron chi connectivity index (χ2n) is 4.43. The first-order valence-electron chi connectivity index (χ1n) is 5.83. The number of hydrogen-bond acceptors (Lipinski definition) is 2. The molecule has 0 amide bonds. The molecule has 1 saturated heterocycles. The van der Waals surface area contributed by atoms with Crippen molar-refractivity contribution < 1.29 is 4.74 Å². The Bertz CT molecular complexity index is 342. The third-order valence-electron chi connectivity index (χ3n) is 2.93. The molecule has 0 aromatic heterocycles. The largest absolute Gasteiger partial charge is 0.378 e. The number of ether oxygens (including phenoxy) is 1. The molecule has 3 heteroatoms. The van der Waals surface area contributed by atoms with Crippen molar-refractivity contribution in [3.05, 3.63) is 34.9 Å². The van der Waals surface area contributed by atoms with E-state index >= 15 is 0 Å². The Kier molecular flexibility index (Phi) is 4.22. The Morgan fingerprint density at radius 3 is 2.94 bits per heavy atom. The van der Waals surface area contributed by atoms with Crippen LogP contribution in [-0.2, 0) is 11.2 Å². The van der Waals surface area contributed by atoms with Gasteiger partial charge in [-0.25, -0.2) is 0 Å². The molecule has 88 valence electrons. The summed E-state index contributed by atoms with van der Waals surface area (Å²) in [6, 6.07) is 8.97. The molecule has 1 aromatic rings. The van der Waals surface area contributed by atoms with Gasteiger partial charge in [-0.1, -0.05) is 29.8 Å². The summed E-state index contributed by atoms with van der Waals surface area (Å²) in [5.74, 6) is 0. The lowest BCUT2D eigenvalue weighted by Crippen LogP contribution is -2.47. The van der Waals surface area contributed by atoms with Crippen molar-refractivity contribution in [3.8, 4) is 0 Å². The van der Waals surface area contributed by atoms with Crippen LogP contribution in [0.15, 0.2) is 24.3 Å². The highest BCUT2D eigenvalue weighted by Gasteiger charge is 2.17. The molecule has 2 rings (SSSR count). The Morgan fingerprint density at radius 2 is 2.19 bits per heavy atom. The highest BCUT2D eigenvalue weighted by atomic mass is 35.5. The van der Waals surface area contributed by atoms with Gasteiger partial charge in [-0.3, -0.25) is 0 Å². The van der Waals surface area contributed by atoms with Crippen molar-refractivity contribution in [2.75, 3.05) is 13.2 Å². The van der Waals surface area contributed by atoms with Gasteiger partial charge in [-0.05, 0) is 31.4 Å². The maximum Gasteiger partial charge on any atom is 0.0620 e. The summed E-state index contributed by atoms with van der Waals surface area (Å²) in [5, 5.41) is 4.41. The molecule has 1 N–H and O–H groups in total. The predicted molar refractivity (Wildman–Crippen MR) is 67.0 cm³/mol. The topological polar surface area (TPSA) is 21.3 Å². The van der Waals surface area contributed by atoms with Gasteiger partial charge in [0.25, 0.3) is 0 Å². The molecular weight excluding hydrogens is 222 g/mol. The molecule has 16 heavy (non-hydrogen) atoms. The van der Waals surface area contributed by atoms with Crippen LogP contribution < -0.4 is 5.32 Å². The molecule has 0 bridgehead atoms. The zero-order valence-electron chi connectivity index (χ0n) is 9.58. The molecule has 2 nitrogen and oxygen atoms in total. The van der Waals surface area contributed by atoms with E-state index in [1.807, 2.05) is 18.2 Å². The Morgan fingerprint density at radius 1 is 1.38 bits per heavy atom. The van der Waals surface area contributed by atoms with Crippen molar-refractivity contribution >= 4 is 11.6 Å². The maximum absolute atomic E-state index is 6.12. The van der Waals surface area contributed by atoms with Gasteiger partial charge in [-0.15, -0.1) is 0 Å². The fourth-order valence-electron chi connectivity index (χ4n) is 2.08. The van der Waals surface area contributed by atoms with Crippen LogP contribution in [0.4, 0.5) is 0 Å². The van der Waals surface area contributed by atoms with Gasteiger partial charge in [0, 0.05) is 17.1 Å². The molecule has 2 atom stereocenters. The highest BCUT2D eigenvalue weighted by Crippen LogP contribution is 2.17. The fourth-order valence-corrected chi connectivity index (χ4v) is 2.31. The van der Waals surface area contributed by atoms with Gasteiger partial charge in [0.1, 0.15) is 0 Å². The van der Waals surface area contributed by atoms with Crippen molar-refractivity contribution in [3.63, 3.8) is 0 Å². The lowest BCUT2D eigenvalue weighted by Gasteiger charge is -2.29. The van der Waals surface area contributed by atoms with Gasteiger partial charge >= 0.3 is 0 Å². The van der Waals surface area contributed by atoms with E-state index in [0.29, 0.717) is 12.1 Å². The standard InChI is InChI=1S/C13H18ClNO/c1-10-8-16-9-12(15-10)7-6-11-4-2-3-5-13(11)14/h2-5,10,12,15H,6-9H2,1H3. The van der Waals surface area contributed by atoms with E-state index in [4.69, 9.17) is 16.3 Å². The van der Waals surface area contributed by atoms with Crippen LogP contribution in [0.25, 0.3) is 0 Å². The summed E-state index contributed by atoms with van der Waals surface area (Å²) in [6.07, 6.45) is 2.08. The van der Waals surface area contributed by atoms with Gasteiger partial charge in [0.15, 0.2) is 0 Å². The summed E-state index contributed by atoms with van der Waals surface area (Å²) in [4.78, 5) is 0. The second-order valence-corrected chi connectivity index (χ2v) is 4.84. The zero-order chi connectivity index (χ0) is 11.4. The Hall–Kier alpha value is -0.570. The average molecular weight is 240 g/mol. The SMILES string of the molecule is CC1COCC(CCc2ccccc2Cl)N1. The van der Waals surface area contributed by atoms with E-state index in [2.05, 4.69) is 18.3 Å². The average Bonchev–Trinajstić information content (AvgIpc) is 2.28. The molecule has 1 aliphatic rings. The summed E-state index contributed by atoms with van der Waals surface area (Å²) in [6.45, 7) is 3.79. The van der Waals surface area contributed by atoms with E-state index in [0.717, 1.165) is 31.1 Å². The smallest absolute Gasteiger partial charge is 0.0620 e. The normalized spacial score (nSPS) is 25.6. The summed E-state index contributed by atoms with van der Waals surface area (Å²) in [7, 11) is 0. The summed E-state index contributed by atoms with van der Waals surface area (Å²) < 4.78 is 5.52. The van der Waals surface area contributed by atoms with E-state index in [-0.39, 0.29) is 0 Å². The highest BCUT2D eigenvalue weighted by molar-refractivity contribution is 6.31. The predicted octanol–water partition coefficient (Wildman–Crippen LogP) is 2.65. The first kappa shape index (κ1) is 11.9. The molecular formula is C13H18ClNO. The molecule has 0 aliphatic carbocycles. The van der Waals surface area contributed by atoms with Crippen LogP contribution in [0.5, 0.6) is 0 Å². The molecule has 1 aliphatic heterocycles. The number of hydrogen-bond donors (Lipinski definition) is 1. The van der Waals surface area contributed by atoms with Crippen molar-refractivity contribution in [2.24, 2.45) is 0 Å². The minimum absolute atomic E-state index is 0.458. The van der Waals surface area contributed by atoms with E-state index in [1.54, 1.807) is 0 Å². The van der Waals surface area contributed by atoms with Crippen LogP contribution in [-0.4, -0.2) is 25.3 Å². The number of morpholine rings is 1. The first-order chi connectivity index (χ1) is 7.75. The van der Waals surface area contributed by atoms with Crippen molar-refractivity contribution in [1.82, 2.24) is 5.32 Å². The molecule has 0 radical (unpaired) electrons. The quantitative estimate of drug-likeness (QED) is 0.876. The number of halogens is 1. The minimum atomic E-state index is 0.458. The molecule has 0 spiro atoms. The van der Waals surface area contributed by atoms with E-state index in [9.17, 15) is 0 Å². The molecule has 2 unspecified atom stereocenters. The van der Waals surface area contributed by atoms with Crippen molar-refractivity contribution in [1.29, 1.82) is 0 Å². The van der Waals surface area contributed by atoms with Crippen LogP contribution in [0.2, 0.25) is 5.02 Å². The van der Waals surface area contributed by atoms with Gasteiger partial charge in [0.05, 0.1) is 13.2 Å². The van der Waals surface area contributed by atoms with Crippen LogP contribution in [0, 0.1) is 0 Å². The third-order valence-corrected chi connectivity index (χ3v) is 3.30. The maximum atomic E-state index is 6.12. The molecule has 1 heterocycles. The monoisotopic (exact) mass is 239 g/mol. The third kappa shape index (κ3) is 3.21.